The molecule has 22 heavy (non-hydrogen) atoms. The quantitative estimate of drug-likeness (QED) is 0.433. The van der Waals surface area contributed by atoms with Gasteiger partial charge in [0.15, 0.2) is 0 Å². The first-order valence-electron chi connectivity index (χ1n) is 8.99. The smallest absolute Gasteiger partial charge is 0.0130 e. The first-order valence-corrected chi connectivity index (χ1v) is 8.99. The fraction of sp³-hybridized carbons (Fsp3) is 0.900. The number of rotatable bonds is 10. The molecule has 0 spiro atoms. The third-order valence-electron chi connectivity index (χ3n) is 3.96. The van der Waals surface area contributed by atoms with Crippen molar-refractivity contribution < 1.29 is 0 Å². The van der Waals surface area contributed by atoms with Crippen LogP contribution in [0.5, 0.6) is 0 Å². The second-order valence-electron chi connectivity index (χ2n) is 9.67. The largest absolute Gasteiger partial charge is 0.330 e. The van der Waals surface area contributed by atoms with Crippen LogP contribution in [0.2, 0.25) is 0 Å². The highest BCUT2D eigenvalue weighted by Gasteiger charge is 2.24. The minimum absolute atomic E-state index is 0.180. The van der Waals surface area contributed by atoms with Gasteiger partial charge in [-0.05, 0) is 69.4 Å². The molecule has 0 saturated carbocycles. The molecule has 2 heteroatoms. The van der Waals surface area contributed by atoms with E-state index < -0.39 is 0 Å². The van der Waals surface area contributed by atoms with Gasteiger partial charge in [0, 0.05) is 5.54 Å². The lowest BCUT2D eigenvalue weighted by atomic mass is 9.74. The second-order valence-corrected chi connectivity index (χ2v) is 9.67. The molecule has 0 saturated heterocycles. The van der Waals surface area contributed by atoms with Gasteiger partial charge in [-0.1, -0.05) is 53.7 Å². The van der Waals surface area contributed by atoms with Gasteiger partial charge >= 0.3 is 0 Å². The molecule has 0 heterocycles. The molecular formula is C20H42N2. The highest BCUT2D eigenvalue weighted by molar-refractivity contribution is 4.94. The van der Waals surface area contributed by atoms with Crippen LogP contribution in [-0.4, -0.2) is 18.6 Å². The molecule has 0 bridgehead atoms. The normalized spacial score (nSPS) is 15.5. The number of nitrogens with one attached hydrogen (secondary N) is 1. The van der Waals surface area contributed by atoms with E-state index in [0.717, 1.165) is 32.4 Å². The van der Waals surface area contributed by atoms with Crippen molar-refractivity contribution in [2.24, 2.45) is 22.5 Å². The lowest BCUT2D eigenvalue weighted by Gasteiger charge is -2.32. The zero-order chi connectivity index (χ0) is 17.4. The Bertz CT molecular complexity index is 321. The molecule has 3 N–H and O–H groups in total. The van der Waals surface area contributed by atoms with Crippen LogP contribution in [0.4, 0.5) is 0 Å². The zero-order valence-electron chi connectivity index (χ0n) is 16.6. The Morgan fingerprint density at radius 3 is 2.14 bits per heavy atom. The highest BCUT2D eigenvalue weighted by Crippen LogP contribution is 2.36. The van der Waals surface area contributed by atoms with Crippen LogP contribution in [0.15, 0.2) is 12.2 Å². The van der Waals surface area contributed by atoms with Crippen LogP contribution in [0.3, 0.4) is 0 Å². The second kappa shape index (κ2) is 9.08. The topological polar surface area (TPSA) is 38.0 Å². The highest BCUT2D eigenvalue weighted by atomic mass is 14.9. The summed E-state index contributed by atoms with van der Waals surface area (Å²) >= 11 is 0. The van der Waals surface area contributed by atoms with Gasteiger partial charge in [0.25, 0.3) is 0 Å². The number of hydrogen-bond acceptors (Lipinski definition) is 2. The van der Waals surface area contributed by atoms with Crippen LogP contribution in [0.25, 0.3) is 0 Å². The standard InChI is InChI=1S/C20H42N2/c1-17(15-20(7,8)22-14-10-13-21)11-9-12-19(5,6)16-18(2,3)4/h9,11,17,22H,10,12-16,21H2,1-8H3. The lowest BCUT2D eigenvalue weighted by Crippen LogP contribution is -2.41. The molecule has 0 aromatic rings. The predicted octanol–water partition coefficient (Wildman–Crippen LogP) is 5.14. The molecule has 0 aromatic carbocycles. The van der Waals surface area contributed by atoms with Gasteiger partial charge in [-0.15, -0.1) is 0 Å². The van der Waals surface area contributed by atoms with Gasteiger partial charge in [-0.2, -0.15) is 0 Å². The molecule has 0 rings (SSSR count). The molecule has 1 atom stereocenters. The molecule has 132 valence electrons. The van der Waals surface area contributed by atoms with Crippen molar-refractivity contribution in [1.82, 2.24) is 5.32 Å². The summed E-state index contributed by atoms with van der Waals surface area (Å²) in [5.41, 5.74) is 6.52. The van der Waals surface area contributed by atoms with Crippen molar-refractivity contribution in [1.29, 1.82) is 0 Å². The minimum atomic E-state index is 0.180. The van der Waals surface area contributed by atoms with Crippen molar-refractivity contribution in [2.45, 2.75) is 86.6 Å². The molecule has 0 aliphatic carbocycles. The average Bonchev–Trinajstić information content (AvgIpc) is 2.24. The van der Waals surface area contributed by atoms with E-state index in [1.807, 2.05) is 0 Å². The van der Waals surface area contributed by atoms with Crippen LogP contribution >= 0.6 is 0 Å². The van der Waals surface area contributed by atoms with Crippen LogP contribution in [-0.2, 0) is 0 Å². The fourth-order valence-electron chi connectivity index (χ4n) is 3.60. The maximum Gasteiger partial charge on any atom is 0.0130 e. The molecule has 0 amide bonds. The predicted molar refractivity (Wildman–Crippen MR) is 101 cm³/mol. The summed E-state index contributed by atoms with van der Waals surface area (Å²) < 4.78 is 0. The first-order chi connectivity index (χ1) is 9.87. The molecule has 1 unspecified atom stereocenters. The molecule has 0 aliphatic rings. The third kappa shape index (κ3) is 12.2. The summed E-state index contributed by atoms with van der Waals surface area (Å²) in [5, 5.41) is 3.61. The third-order valence-corrected chi connectivity index (χ3v) is 3.96. The maximum atomic E-state index is 5.56. The lowest BCUT2D eigenvalue weighted by molar-refractivity contribution is 0.214. The van der Waals surface area contributed by atoms with Gasteiger partial charge in [0.2, 0.25) is 0 Å². The van der Waals surface area contributed by atoms with Crippen LogP contribution in [0, 0.1) is 16.7 Å². The summed E-state index contributed by atoms with van der Waals surface area (Å²) in [6.45, 7) is 20.4. The Morgan fingerprint density at radius 2 is 1.64 bits per heavy atom. The van der Waals surface area contributed by atoms with Gasteiger partial charge in [0.05, 0.1) is 0 Å². The van der Waals surface area contributed by atoms with Crippen molar-refractivity contribution in [3.05, 3.63) is 12.2 Å². The van der Waals surface area contributed by atoms with E-state index in [0.29, 0.717) is 16.7 Å². The Hall–Kier alpha value is -0.340. The molecule has 0 radical (unpaired) electrons. The zero-order valence-corrected chi connectivity index (χ0v) is 16.6. The first kappa shape index (κ1) is 21.7. The van der Waals surface area contributed by atoms with E-state index in [-0.39, 0.29) is 5.54 Å². The van der Waals surface area contributed by atoms with Gasteiger partial charge < -0.3 is 11.1 Å². The van der Waals surface area contributed by atoms with E-state index >= 15 is 0 Å². The average molecular weight is 311 g/mol. The Kier molecular flexibility index (Phi) is 8.94. The van der Waals surface area contributed by atoms with E-state index in [2.05, 4.69) is 72.9 Å². The Balaban J connectivity index is 4.27. The number of allylic oxidation sites excluding steroid dienone is 2. The summed E-state index contributed by atoms with van der Waals surface area (Å²) in [5.74, 6) is 0.603. The van der Waals surface area contributed by atoms with Crippen molar-refractivity contribution in [3.63, 3.8) is 0 Å². The van der Waals surface area contributed by atoms with Crippen molar-refractivity contribution in [2.75, 3.05) is 13.1 Å². The maximum absolute atomic E-state index is 5.56. The minimum Gasteiger partial charge on any atom is -0.330 e. The summed E-state index contributed by atoms with van der Waals surface area (Å²) in [7, 11) is 0. The molecule has 0 aromatic heterocycles. The van der Waals surface area contributed by atoms with Gasteiger partial charge in [-0.25, -0.2) is 0 Å². The van der Waals surface area contributed by atoms with Gasteiger partial charge in [0.1, 0.15) is 0 Å². The van der Waals surface area contributed by atoms with E-state index in [4.69, 9.17) is 5.73 Å². The molecule has 0 fully saturated rings. The van der Waals surface area contributed by atoms with Crippen LogP contribution in [0.1, 0.15) is 81.1 Å². The number of nitrogens with two attached hydrogens (primary N) is 1. The summed E-state index contributed by atoms with van der Waals surface area (Å²) in [6.07, 6.45) is 9.42. The van der Waals surface area contributed by atoms with E-state index in [1.54, 1.807) is 0 Å². The molecule has 0 aliphatic heterocycles. The summed E-state index contributed by atoms with van der Waals surface area (Å²) in [6, 6.07) is 0. The SMILES string of the molecule is CC(C=CCC(C)(C)CC(C)(C)C)CC(C)(C)NCCCN. The van der Waals surface area contributed by atoms with E-state index in [1.165, 1.54) is 6.42 Å². The monoisotopic (exact) mass is 310 g/mol. The van der Waals surface area contributed by atoms with E-state index in [9.17, 15) is 0 Å². The fourth-order valence-corrected chi connectivity index (χ4v) is 3.60. The van der Waals surface area contributed by atoms with Gasteiger partial charge in [-0.3, -0.25) is 0 Å². The van der Waals surface area contributed by atoms with Crippen molar-refractivity contribution in [3.8, 4) is 0 Å². The number of hydrogen-bond donors (Lipinski definition) is 2. The molecule has 2 nitrogen and oxygen atoms in total. The Morgan fingerprint density at radius 1 is 1.05 bits per heavy atom. The van der Waals surface area contributed by atoms with Crippen molar-refractivity contribution >= 4 is 0 Å². The van der Waals surface area contributed by atoms with Crippen LogP contribution < -0.4 is 11.1 Å². The summed E-state index contributed by atoms with van der Waals surface area (Å²) in [4.78, 5) is 0. The Labute approximate surface area is 140 Å². The molecular weight excluding hydrogens is 268 g/mol.